The van der Waals surface area contributed by atoms with E-state index in [2.05, 4.69) is 51.2 Å². The molecule has 0 atom stereocenters. The molecule has 0 heterocycles. The SMILES string of the molecule is Cc1ccc([P+](C)(C)C)cc1. The summed E-state index contributed by atoms with van der Waals surface area (Å²) >= 11 is 0. The van der Waals surface area contributed by atoms with Gasteiger partial charge in [-0.05, 0) is 19.1 Å². The lowest BCUT2D eigenvalue weighted by Gasteiger charge is -2.10. The first-order valence-electron chi connectivity index (χ1n) is 3.89. The Morgan fingerprint density at radius 2 is 1.36 bits per heavy atom. The summed E-state index contributed by atoms with van der Waals surface area (Å²) in [6.45, 7) is 9.16. The minimum absolute atomic E-state index is 0.788. The van der Waals surface area contributed by atoms with Crippen LogP contribution in [-0.2, 0) is 0 Å². The highest BCUT2D eigenvalue weighted by molar-refractivity contribution is 7.80. The molecule has 0 nitrogen and oxygen atoms in total. The van der Waals surface area contributed by atoms with Gasteiger partial charge in [0, 0.05) is 7.26 Å². The first-order valence-corrected chi connectivity index (χ1v) is 7.02. The summed E-state index contributed by atoms with van der Waals surface area (Å²) in [5.74, 6) is 0. The molecule has 0 bridgehead atoms. The van der Waals surface area contributed by atoms with Gasteiger partial charge in [0.2, 0.25) is 0 Å². The van der Waals surface area contributed by atoms with E-state index in [1.165, 1.54) is 10.9 Å². The minimum atomic E-state index is -0.788. The number of hydrogen-bond acceptors (Lipinski definition) is 0. The summed E-state index contributed by atoms with van der Waals surface area (Å²) in [4.78, 5) is 0. The molecule has 0 aliphatic heterocycles. The van der Waals surface area contributed by atoms with Crippen molar-refractivity contribution in [3.63, 3.8) is 0 Å². The lowest BCUT2D eigenvalue weighted by atomic mass is 10.2. The first-order chi connectivity index (χ1) is 5.00. The van der Waals surface area contributed by atoms with Crippen molar-refractivity contribution in [2.24, 2.45) is 0 Å². The molecule has 1 rings (SSSR count). The van der Waals surface area contributed by atoms with Gasteiger partial charge in [0.05, 0.1) is 25.3 Å². The minimum Gasteiger partial charge on any atom is -0.0554 e. The standard InChI is InChI=1S/C10H16P/c1-9-5-7-10(8-6-9)11(2,3)4/h5-8H,1-4H3/q+1. The Kier molecular flexibility index (Phi) is 2.34. The lowest BCUT2D eigenvalue weighted by Crippen LogP contribution is -2.06. The van der Waals surface area contributed by atoms with E-state index in [4.69, 9.17) is 0 Å². The van der Waals surface area contributed by atoms with E-state index in [1.54, 1.807) is 0 Å². The summed E-state index contributed by atoms with van der Waals surface area (Å²) < 4.78 is 0. The number of rotatable bonds is 1. The first kappa shape index (κ1) is 8.74. The fraction of sp³-hybridized carbons (Fsp3) is 0.400. The van der Waals surface area contributed by atoms with E-state index in [9.17, 15) is 0 Å². The maximum absolute atomic E-state index is 2.34. The third-order valence-corrected chi connectivity index (χ3v) is 3.66. The fourth-order valence-corrected chi connectivity index (χ4v) is 2.04. The van der Waals surface area contributed by atoms with Crippen LogP contribution in [0.1, 0.15) is 5.56 Å². The topological polar surface area (TPSA) is 0 Å². The van der Waals surface area contributed by atoms with E-state index in [0.29, 0.717) is 0 Å². The van der Waals surface area contributed by atoms with Crippen LogP contribution >= 0.6 is 7.26 Å². The molecule has 1 aromatic carbocycles. The van der Waals surface area contributed by atoms with Crippen LogP contribution in [0.15, 0.2) is 24.3 Å². The normalized spacial score (nSPS) is 11.6. The highest BCUT2D eigenvalue weighted by Crippen LogP contribution is 2.44. The third-order valence-electron chi connectivity index (χ3n) is 1.81. The quantitative estimate of drug-likeness (QED) is 0.564. The molecule has 1 heteroatoms. The van der Waals surface area contributed by atoms with Crippen LogP contribution in [0.4, 0.5) is 0 Å². The van der Waals surface area contributed by atoms with Crippen molar-refractivity contribution < 1.29 is 0 Å². The Bertz CT molecular complexity index is 228. The molecule has 0 aliphatic carbocycles. The third kappa shape index (κ3) is 2.31. The van der Waals surface area contributed by atoms with Crippen molar-refractivity contribution in [3.05, 3.63) is 29.8 Å². The highest BCUT2D eigenvalue weighted by Gasteiger charge is 2.19. The molecule has 60 valence electrons. The zero-order valence-corrected chi connectivity index (χ0v) is 8.65. The van der Waals surface area contributed by atoms with Crippen molar-refractivity contribution >= 4 is 12.6 Å². The van der Waals surface area contributed by atoms with Crippen molar-refractivity contribution in [3.8, 4) is 0 Å². The molecule has 0 spiro atoms. The van der Waals surface area contributed by atoms with Crippen LogP contribution in [0.3, 0.4) is 0 Å². The summed E-state index contributed by atoms with van der Waals surface area (Å²) in [6.07, 6.45) is 0. The predicted octanol–water partition coefficient (Wildman–Crippen LogP) is 2.53. The van der Waals surface area contributed by atoms with Crippen LogP contribution in [0, 0.1) is 6.92 Å². The Morgan fingerprint density at radius 3 is 1.73 bits per heavy atom. The molecule has 0 radical (unpaired) electrons. The van der Waals surface area contributed by atoms with Crippen LogP contribution < -0.4 is 5.30 Å². The molecule has 1 aromatic rings. The second-order valence-corrected chi connectivity index (χ2v) is 8.39. The van der Waals surface area contributed by atoms with Gasteiger partial charge in [-0.25, -0.2) is 0 Å². The van der Waals surface area contributed by atoms with E-state index >= 15 is 0 Å². The van der Waals surface area contributed by atoms with Crippen molar-refractivity contribution in [1.82, 2.24) is 0 Å². The molecule has 0 aromatic heterocycles. The van der Waals surface area contributed by atoms with Crippen molar-refractivity contribution in [2.45, 2.75) is 6.92 Å². The molecule has 11 heavy (non-hydrogen) atoms. The van der Waals surface area contributed by atoms with Crippen LogP contribution in [0.25, 0.3) is 0 Å². The maximum Gasteiger partial charge on any atom is 0.0930 e. The number of aryl methyl sites for hydroxylation is 1. The van der Waals surface area contributed by atoms with Gasteiger partial charge in [0.1, 0.15) is 0 Å². The molecule has 0 unspecified atom stereocenters. The number of hydrogen-bond donors (Lipinski definition) is 0. The van der Waals surface area contributed by atoms with E-state index in [0.717, 1.165) is 0 Å². The maximum atomic E-state index is 2.34. The van der Waals surface area contributed by atoms with Crippen LogP contribution in [0.2, 0.25) is 0 Å². The Morgan fingerprint density at radius 1 is 0.909 bits per heavy atom. The zero-order chi connectivity index (χ0) is 8.48. The van der Waals surface area contributed by atoms with Gasteiger partial charge in [0.15, 0.2) is 0 Å². The number of benzene rings is 1. The molecule has 0 saturated heterocycles. The second kappa shape index (κ2) is 2.95. The molecule has 0 N–H and O–H groups in total. The molecule has 0 amide bonds. The van der Waals surface area contributed by atoms with Gasteiger partial charge in [-0.1, -0.05) is 17.7 Å². The monoisotopic (exact) mass is 167 g/mol. The largest absolute Gasteiger partial charge is 0.0930 e. The Balaban J connectivity index is 2.99. The fourth-order valence-electron chi connectivity index (χ4n) is 0.992. The van der Waals surface area contributed by atoms with E-state index < -0.39 is 7.26 Å². The van der Waals surface area contributed by atoms with Gasteiger partial charge in [-0.2, -0.15) is 0 Å². The summed E-state index contributed by atoms with van der Waals surface area (Å²) in [5, 5.41) is 1.52. The second-order valence-electron chi connectivity index (χ2n) is 3.85. The van der Waals surface area contributed by atoms with Crippen LogP contribution in [0.5, 0.6) is 0 Å². The Hall–Kier alpha value is -0.350. The Labute approximate surface area is 70.0 Å². The summed E-state index contributed by atoms with van der Waals surface area (Å²) in [7, 11) is -0.788. The van der Waals surface area contributed by atoms with Gasteiger partial charge in [-0.3, -0.25) is 0 Å². The van der Waals surface area contributed by atoms with Crippen molar-refractivity contribution in [2.75, 3.05) is 20.0 Å². The van der Waals surface area contributed by atoms with Gasteiger partial charge in [-0.15, -0.1) is 0 Å². The smallest absolute Gasteiger partial charge is 0.0554 e. The van der Waals surface area contributed by atoms with Gasteiger partial charge >= 0.3 is 0 Å². The van der Waals surface area contributed by atoms with Gasteiger partial charge < -0.3 is 0 Å². The average molecular weight is 167 g/mol. The molecular weight excluding hydrogens is 151 g/mol. The molecular formula is C10H16P+. The molecule has 0 aliphatic rings. The van der Waals surface area contributed by atoms with Crippen molar-refractivity contribution in [1.29, 1.82) is 0 Å². The molecule has 0 saturated carbocycles. The van der Waals surface area contributed by atoms with E-state index in [-0.39, 0.29) is 0 Å². The highest BCUT2D eigenvalue weighted by atomic mass is 31.2. The summed E-state index contributed by atoms with van der Waals surface area (Å²) in [5.41, 5.74) is 1.35. The molecule has 0 fully saturated rings. The summed E-state index contributed by atoms with van der Waals surface area (Å²) in [6, 6.07) is 8.90. The van der Waals surface area contributed by atoms with Gasteiger partial charge in [0.25, 0.3) is 0 Å². The zero-order valence-electron chi connectivity index (χ0n) is 7.76. The average Bonchev–Trinajstić information content (AvgIpc) is 1.86. The predicted molar refractivity (Wildman–Crippen MR) is 55.5 cm³/mol. The lowest BCUT2D eigenvalue weighted by molar-refractivity contribution is 1.49. The van der Waals surface area contributed by atoms with E-state index in [1.807, 2.05) is 0 Å². The van der Waals surface area contributed by atoms with Crippen LogP contribution in [-0.4, -0.2) is 20.0 Å².